The molecule has 45 heavy (non-hydrogen) atoms. The molecular weight excluding hydrogens is 612 g/mol. The molecule has 0 bridgehead atoms. The van der Waals surface area contributed by atoms with Crippen molar-refractivity contribution in [3.63, 3.8) is 0 Å². The maximum atomic E-state index is 15.6. The number of amides is 1. The average Bonchev–Trinajstić information content (AvgIpc) is 3.60. The van der Waals surface area contributed by atoms with E-state index in [2.05, 4.69) is 10.3 Å². The molecule has 13 heteroatoms. The van der Waals surface area contributed by atoms with E-state index < -0.39 is 39.2 Å². The van der Waals surface area contributed by atoms with Gasteiger partial charge in [0.05, 0.1) is 28.7 Å². The minimum Gasteiger partial charge on any atom is -0.455 e. The molecule has 230 valence electrons. The number of hydrogen-bond donors (Lipinski definition) is 1. The van der Waals surface area contributed by atoms with Gasteiger partial charge in [-0.1, -0.05) is 29.8 Å². The molecule has 8 nitrogen and oxygen atoms in total. The van der Waals surface area contributed by atoms with E-state index in [1.807, 2.05) is 19.1 Å². The summed E-state index contributed by atoms with van der Waals surface area (Å²) in [5, 5.41) is 2.93. The second kappa shape index (κ2) is 10.8. The third kappa shape index (κ3) is 5.08. The Balaban J connectivity index is 1.66. The van der Waals surface area contributed by atoms with Gasteiger partial charge in [0.15, 0.2) is 23.3 Å². The van der Waals surface area contributed by atoms with E-state index in [9.17, 15) is 26.4 Å². The highest BCUT2D eigenvalue weighted by molar-refractivity contribution is 7.92. The molecule has 2 heterocycles. The molecule has 1 amide bonds. The summed E-state index contributed by atoms with van der Waals surface area (Å²) in [5.74, 6) is -5.60. The van der Waals surface area contributed by atoms with Gasteiger partial charge in [0.25, 0.3) is 5.91 Å². The Labute approximate surface area is 254 Å². The van der Waals surface area contributed by atoms with Gasteiger partial charge >= 0.3 is 0 Å². The Hall–Kier alpha value is -5.17. The lowest BCUT2D eigenvalue weighted by Gasteiger charge is -2.21. The van der Waals surface area contributed by atoms with E-state index >= 15 is 4.39 Å². The molecule has 0 atom stereocenters. The van der Waals surface area contributed by atoms with E-state index in [0.29, 0.717) is 10.9 Å². The van der Waals surface area contributed by atoms with Crippen LogP contribution in [0.4, 0.5) is 23.2 Å². The number of nitrogens with one attached hydrogen (secondary N) is 1. The average molecular weight is 637 g/mol. The Bertz CT molecular complexity index is 2260. The maximum absolute atomic E-state index is 15.6. The van der Waals surface area contributed by atoms with Crippen LogP contribution in [0.15, 0.2) is 71.4 Å². The van der Waals surface area contributed by atoms with Crippen LogP contribution in [0.1, 0.15) is 15.9 Å². The van der Waals surface area contributed by atoms with Crippen LogP contribution in [-0.4, -0.2) is 44.2 Å². The van der Waals surface area contributed by atoms with Gasteiger partial charge in [0, 0.05) is 48.8 Å². The number of carbonyl (C=O) groups excluding carboxylic acids is 1. The highest BCUT2D eigenvalue weighted by Crippen LogP contribution is 2.42. The number of aromatic nitrogens is 2. The number of rotatable bonds is 6. The lowest BCUT2D eigenvalue weighted by atomic mass is 9.97. The monoisotopic (exact) mass is 636 g/mol. The number of nitrogens with zero attached hydrogens (tertiary/aromatic N) is 3. The van der Waals surface area contributed by atoms with Gasteiger partial charge in [-0.05, 0) is 30.7 Å². The number of furan rings is 1. The largest absolute Gasteiger partial charge is 0.455 e. The summed E-state index contributed by atoms with van der Waals surface area (Å²) in [4.78, 5) is 17.2. The fraction of sp³-hybridized carbons (Fsp3) is 0.125. The van der Waals surface area contributed by atoms with Gasteiger partial charge < -0.3 is 9.73 Å². The summed E-state index contributed by atoms with van der Waals surface area (Å²) in [6.07, 6.45) is 2.12. The zero-order chi connectivity index (χ0) is 32.4. The summed E-state index contributed by atoms with van der Waals surface area (Å²) >= 11 is 0. The van der Waals surface area contributed by atoms with E-state index in [4.69, 9.17) is 4.42 Å². The first-order chi connectivity index (χ1) is 21.3. The van der Waals surface area contributed by atoms with Gasteiger partial charge in [-0.25, -0.2) is 31.0 Å². The number of benzene rings is 4. The predicted molar refractivity (Wildman–Crippen MR) is 163 cm³/mol. The minimum absolute atomic E-state index is 0.0579. The van der Waals surface area contributed by atoms with Gasteiger partial charge in [-0.15, -0.1) is 0 Å². The van der Waals surface area contributed by atoms with Crippen LogP contribution in [0.5, 0.6) is 0 Å². The number of fused-ring (bicyclic) bond motifs is 2. The van der Waals surface area contributed by atoms with Gasteiger partial charge in [-0.2, -0.15) is 0 Å². The van der Waals surface area contributed by atoms with Crippen molar-refractivity contribution in [3.05, 3.63) is 101 Å². The van der Waals surface area contributed by atoms with Crippen molar-refractivity contribution in [3.8, 4) is 28.1 Å². The van der Waals surface area contributed by atoms with Gasteiger partial charge in [0.2, 0.25) is 10.0 Å². The Morgan fingerprint density at radius 3 is 2.22 bits per heavy atom. The van der Waals surface area contributed by atoms with Gasteiger partial charge in [0.1, 0.15) is 23.2 Å². The van der Waals surface area contributed by atoms with Crippen LogP contribution in [-0.2, 0) is 10.0 Å². The lowest BCUT2D eigenvalue weighted by Crippen LogP contribution is -2.25. The quantitative estimate of drug-likeness (QED) is 0.162. The van der Waals surface area contributed by atoms with Crippen molar-refractivity contribution >= 4 is 43.6 Å². The van der Waals surface area contributed by atoms with Crippen molar-refractivity contribution in [2.24, 2.45) is 0 Å². The summed E-state index contributed by atoms with van der Waals surface area (Å²) in [6.45, 7) is 1.91. The zero-order valence-electron chi connectivity index (χ0n) is 24.2. The summed E-state index contributed by atoms with van der Waals surface area (Å²) in [5.41, 5.74) is 2.15. The Kier molecular flexibility index (Phi) is 7.15. The van der Waals surface area contributed by atoms with Crippen LogP contribution in [0.25, 0.3) is 50.1 Å². The number of carbonyl (C=O) groups is 1. The molecule has 4 aromatic carbocycles. The maximum Gasteiger partial charge on any atom is 0.255 e. The molecule has 0 radical (unpaired) electrons. The second-order valence-electron chi connectivity index (χ2n) is 10.5. The SMILES string of the molecule is CNC(=O)c1c(-c2ccc(C)cc2)oc2cc(N(C)S(C)(=O)=O)c(-c3cc(F)c4ncn(-c5cc(F)c(F)c(F)c5)c4c3)cc12. The molecule has 0 aliphatic rings. The van der Waals surface area contributed by atoms with Crippen molar-refractivity contribution in [2.75, 3.05) is 24.7 Å². The lowest BCUT2D eigenvalue weighted by molar-refractivity contribution is 0.0964. The summed E-state index contributed by atoms with van der Waals surface area (Å²) < 4.78 is 91.3. The molecule has 0 spiro atoms. The van der Waals surface area contributed by atoms with Crippen LogP contribution >= 0.6 is 0 Å². The van der Waals surface area contributed by atoms with Crippen LogP contribution in [0.2, 0.25) is 0 Å². The molecule has 6 rings (SSSR count). The van der Waals surface area contributed by atoms with Crippen molar-refractivity contribution in [2.45, 2.75) is 6.92 Å². The highest BCUT2D eigenvalue weighted by Gasteiger charge is 2.27. The van der Waals surface area contributed by atoms with Crippen LogP contribution < -0.4 is 9.62 Å². The molecule has 0 aliphatic carbocycles. The van der Waals surface area contributed by atoms with E-state index in [-0.39, 0.29) is 50.4 Å². The molecule has 0 fully saturated rings. The molecule has 0 aliphatic heterocycles. The molecular formula is C32H24F4N4O4S. The van der Waals surface area contributed by atoms with Gasteiger partial charge in [-0.3, -0.25) is 13.7 Å². The van der Waals surface area contributed by atoms with E-state index in [1.54, 1.807) is 12.1 Å². The first-order valence-electron chi connectivity index (χ1n) is 13.4. The van der Waals surface area contributed by atoms with Crippen molar-refractivity contribution in [1.82, 2.24) is 14.9 Å². The molecule has 0 unspecified atom stereocenters. The topological polar surface area (TPSA) is 97.4 Å². The number of anilines is 1. The molecule has 2 aromatic heterocycles. The smallest absolute Gasteiger partial charge is 0.255 e. The van der Waals surface area contributed by atoms with Crippen molar-refractivity contribution < 1.29 is 35.2 Å². The first-order valence-corrected chi connectivity index (χ1v) is 15.3. The summed E-state index contributed by atoms with van der Waals surface area (Å²) in [6, 6.07) is 14.3. The molecule has 0 saturated carbocycles. The number of aryl methyl sites for hydroxylation is 1. The molecule has 0 saturated heterocycles. The fourth-order valence-corrected chi connectivity index (χ4v) is 5.69. The molecule has 1 N–H and O–H groups in total. The van der Waals surface area contributed by atoms with Crippen molar-refractivity contribution in [1.29, 1.82) is 0 Å². The number of imidazole rings is 1. The van der Waals surface area contributed by atoms with Crippen LogP contribution in [0, 0.1) is 30.2 Å². The predicted octanol–water partition coefficient (Wildman–Crippen LogP) is 6.73. The number of hydrogen-bond acceptors (Lipinski definition) is 5. The molecule has 6 aromatic rings. The van der Waals surface area contributed by atoms with E-state index in [1.165, 1.54) is 36.9 Å². The Morgan fingerprint density at radius 1 is 0.933 bits per heavy atom. The highest BCUT2D eigenvalue weighted by atomic mass is 32.2. The number of sulfonamides is 1. The number of halogens is 4. The standard InChI is InChI=1S/C32H24F4N4O4S/c1-16-5-7-17(8-6-16)31-28(32(41)37-2)21-13-20(25(14-27(21)44-31)39(3)45(4,42)43)18-9-24(35)30-26(10-18)40(15-38-30)19-11-22(33)29(36)23(34)12-19/h5-15H,1-4H3,(H,37,41). The third-order valence-electron chi connectivity index (χ3n) is 7.57. The minimum atomic E-state index is -3.86. The van der Waals surface area contributed by atoms with Crippen LogP contribution in [0.3, 0.4) is 0 Å². The zero-order valence-corrected chi connectivity index (χ0v) is 25.1. The van der Waals surface area contributed by atoms with E-state index in [0.717, 1.165) is 40.7 Å². The normalized spacial score (nSPS) is 11.8. The fourth-order valence-electron chi connectivity index (χ4n) is 5.18. The second-order valence-corrected chi connectivity index (χ2v) is 12.5. The first kappa shape index (κ1) is 29.9. The summed E-state index contributed by atoms with van der Waals surface area (Å²) in [7, 11) is -1.09. The Morgan fingerprint density at radius 2 is 1.60 bits per heavy atom. The third-order valence-corrected chi connectivity index (χ3v) is 8.77.